The molecule has 0 spiro atoms. The van der Waals surface area contributed by atoms with Crippen LogP contribution < -0.4 is 16.8 Å². The number of aliphatic imine (C=N–C) groups is 1. The summed E-state index contributed by atoms with van der Waals surface area (Å²) < 4.78 is 24.1. The minimum Gasteiger partial charge on any atom is -0.388 e. The SMILES string of the molecule is CO[C@H]1[C@H](O)[C@@H](COCc2ccc3ccccc3c2)OC(OCc2ccc(-c3ccccc3)cc2)[C@@H]1NC(=O)CN=C(N)N. The molecule has 230 valence electrons. The van der Waals surface area contributed by atoms with E-state index in [0.717, 1.165) is 33.0 Å². The number of fused-ring (bicyclic) bond motifs is 1. The van der Waals surface area contributed by atoms with Gasteiger partial charge in [0.05, 0.1) is 19.8 Å². The summed E-state index contributed by atoms with van der Waals surface area (Å²) in [5.41, 5.74) is 14.9. The van der Waals surface area contributed by atoms with E-state index in [1.165, 1.54) is 7.11 Å². The molecule has 0 bridgehead atoms. The Morgan fingerprint density at radius 3 is 2.30 bits per heavy atom. The minimum atomic E-state index is -1.12. The molecule has 4 aromatic carbocycles. The van der Waals surface area contributed by atoms with Gasteiger partial charge in [-0.1, -0.05) is 91.0 Å². The molecule has 5 rings (SSSR count). The Labute approximate surface area is 256 Å². The summed E-state index contributed by atoms with van der Waals surface area (Å²) in [7, 11) is 1.46. The average Bonchev–Trinajstić information content (AvgIpc) is 3.05. The molecule has 0 saturated carbocycles. The van der Waals surface area contributed by atoms with Gasteiger partial charge in [-0.05, 0) is 39.1 Å². The zero-order valence-corrected chi connectivity index (χ0v) is 24.5. The summed E-state index contributed by atoms with van der Waals surface area (Å²) in [5, 5.41) is 16.3. The van der Waals surface area contributed by atoms with E-state index >= 15 is 0 Å². The van der Waals surface area contributed by atoms with Gasteiger partial charge >= 0.3 is 0 Å². The van der Waals surface area contributed by atoms with Crippen molar-refractivity contribution in [1.82, 2.24) is 5.32 Å². The highest BCUT2D eigenvalue weighted by Crippen LogP contribution is 2.27. The van der Waals surface area contributed by atoms with Gasteiger partial charge in [0.2, 0.25) is 5.91 Å². The van der Waals surface area contributed by atoms with Gasteiger partial charge in [0, 0.05) is 7.11 Å². The molecule has 44 heavy (non-hydrogen) atoms. The number of carbonyl (C=O) groups excluding carboxylic acids is 1. The van der Waals surface area contributed by atoms with Crippen LogP contribution in [0.15, 0.2) is 102 Å². The van der Waals surface area contributed by atoms with Gasteiger partial charge in [-0.2, -0.15) is 0 Å². The Balaban J connectivity index is 1.27. The number of benzene rings is 4. The van der Waals surface area contributed by atoms with Gasteiger partial charge in [0.1, 0.15) is 30.9 Å². The fourth-order valence-corrected chi connectivity index (χ4v) is 5.25. The van der Waals surface area contributed by atoms with Crippen LogP contribution in [0.4, 0.5) is 0 Å². The van der Waals surface area contributed by atoms with Gasteiger partial charge in [0.25, 0.3) is 0 Å². The lowest BCUT2D eigenvalue weighted by atomic mass is 9.96. The van der Waals surface area contributed by atoms with E-state index in [1.54, 1.807) is 0 Å². The molecule has 4 aromatic rings. The van der Waals surface area contributed by atoms with E-state index in [1.807, 2.05) is 66.7 Å². The summed E-state index contributed by atoms with van der Waals surface area (Å²) in [5.74, 6) is -0.688. The third kappa shape index (κ3) is 7.98. The molecule has 6 N–H and O–H groups in total. The number of nitrogens with one attached hydrogen (secondary N) is 1. The maximum atomic E-state index is 12.7. The smallest absolute Gasteiger partial charge is 0.242 e. The van der Waals surface area contributed by atoms with Crippen molar-refractivity contribution < 1.29 is 28.8 Å². The molecule has 1 saturated heterocycles. The lowest BCUT2D eigenvalue weighted by Crippen LogP contribution is -2.65. The fraction of sp³-hybridized carbons (Fsp3) is 0.294. The van der Waals surface area contributed by atoms with Crippen molar-refractivity contribution >= 4 is 22.6 Å². The summed E-state index contributed by atoms with van der Waals surface area (Å²) >= 11 is 0. The first-order chi connectivity index (χ1) is 21.4. The molecule has 5 atom stereocenters. The van der Waals surface area contributed by atoms with E-state index in [2.05, 4.69) is 40.6 Å². The van der Waals surface area contributed by atoms with Gasteiger partial charge in [-0.15, -0.1) is 0 Å². The summed E-state index contributed by atoms with van der Waals surface area (Å²) in [4.78, 5) is 16.4. The average molecular weight is 599 g/mol. The lowest BCUT2D eigenvalue weighted by Gasteiger charge is -2.44. The van der Waals surface area contributed by atoms with Crippen molar-refractivity contribution in [3.63, 3.8) is 0 Å². The van der Waals surface area contributed by atoms with Crippen molar-refractivity contribution in [2.45, 2.75) is 43.9 Å². The van der Waals surface area contributed by atoms with Crippen LogP contribution in [0.2, 0.25) is 0 Å². The molecule has 1 fully saturated rings. The Hall–Kier alpha value is -4.32. The van der Waals surface area contributed by atoms with Crippen LogP contribution in [-0.4, -0.2) is 67.9 Å². The van der Waals surface area contributed by atoms with Crippen LogP contribution in [0, 0.1) is 0 Å². The van der Waals surface area contributed by atoms with Gasteiger partial charge in [-0.25, -0.2) is 4.99 Å². The number of nitrogens with zero attached hydrogens (tertiary/aromatic N) is 1. The minimum absolute atomic E-state index is 0.0775. The molecule has 0 aromatic heterocycles. The predicted octanol–water partition coefficient (Wildman–Crippen LogP) is 3.10. The van der Waals surface area contributed by atoms with Crippen molar-refractivity contribution in [1.29, 1.82) is 0 Å². The van der Waals surface area contributed by atoms with Crippen molar-refractivity contribution in [3.8, 4) is 11.1 Å². The fourth-order valence-electron chi connectivity index (χ4n) is 5.25. The second kappa shape index (κ2) is 14.9. The summed E-state index contributed by atoms with van der Waals surface area (Å²) in [6.45, 7) is 0.301. The molecule has 1 aliphatic rings. The topological polar surface area (TPSA) is 151 Å². The zero-order chi connectivity index (χ0) is 30.9. The number of rotatable bonds is 12. The number of amides is 1. The van der Waals surface area contributed by atoms with Crippen molar-refractivity contribution in [2.75, 3.05) is 20.3 Å². The Kier molecular flexibility index (Phi) is 10.5. The van der Waals surface area contributed by atoms with Crippen LogP contribution in [-0.2, 0) is 37.0 Å². The molecule has 1 heterocycles. The van der Waals surface area contributed by atoms with Gasteiger partial charge < -0.3 is 40.8 Å². The molecule has 0 radical (unpaired) electrons. The van der Waals surface area contributed by atoms with Crippen LogP contribution >= 0.6 is 0 Å². The largest absolute Gasteiger partial charge is 0.388 e. The third-order valence-electron chi connectivity index (χ3n) is 7.52. The standard InChI is InChI=1S/C34H38N4O6/c1-41-32-30(38-29(39)18-37-34(35)36)33(43-20-22-11-14-26(15-12-22)24-7-3-2-4-8-24)44-28(31(32)40)21-42-19-23-13-16-25-9-5-6-10-27(25)17-23/h2-17,28,30-33,40H,18-21H2,1H3,(H,38,39)(H4,35,36,37)/t28-,30-,31-,32-,33?/m1/s1. The number of guanidine groups is 1. The molecule has 1 unspecified atom stereocenters. The maximum Gasteiger partial charge on any atom is 0.242 e. The number of aliphatic hydroxyl groups is 1. The normalized spacial score (nSPS) is 21.5. The van der Waals surface area contributed by atoms with Crippen LogP contribution in [0.3, 0.4) is 0 Å². The quantitative estimate of drug-likeness (QED) is 0.144. The number of hydrogen-bond donors (Lipinski definition) is 4. The lowest BCUT2D eigenvalue weighted by molar-refractivity contribution is -0.279. The highest BCUT2D eigenvalue weighted by atomic mass is 16.7. The van der Waals surface area contributed by atoms with E-state index in [4.69, 9.17) is 30.4 Å². The number of hydrogen-bond acceptors (Lipinski definition) is 7. The Morgan fingerprint density at radius 1 is 0.886 bits per heavy atom. The van der Waals surface area contributed by atoms with Crippen LogP contribution in [0.1, 0.15) is 11.1 Å². The molecule has 10 nitrogen and oxygen atoms in total. The first-order valence-corrected chi connectivity index (χ1v) is 14.4. The highest BCUT2D eigenvalue weighted by molar-refractivity contribution is 5.83. The van der Waals surface area contributed by atoms with Crippen LogP contribution in [0.5, 0.6) is 0 Å². The molecule has 10 heteroatoms. The molecule has 0 aliphatic carbocycles. The van der Waals surface area contributed by atoms with E-state index in [-0.39, 0.29) is 25.7 Å². The number of carbonyl (C=O) groups is 1. The predicted molar refractivity (Wildman–Crippen MR) is 168 cm³/mol. The number of ether oxygens (including phenoxy) is 4. The molecule has 1 amide bonds. The Morgan fingerprint density at radius 2 is 1.57 bits per heavy atom. The van der Waals surface area contributed by atoms with E-state index in [0.29, 0.717) is 6.61 Å². The van der Waals surface area contributed by atoms with Gasteiger partial charge in [-0.3, -0.25) is 4.79 Å². The van der Waals surface area contributed by atoms with E-state index in [9.17, 15) is 9.90 Å². The highest BCUT2D eigenvalue weighted by Gasteiger charge is 2.47. The monoisotopic (exact) mass is 598 g/mol. The first-order valence-electron chi connectivity index (χ1n) is 14.4. The number of aliphatic hydroxyl groups excluding tert-OH is 1. The molecule has 1 aliphatic heterocycles. The Bertz CT molecular complexity index is 1540. The van der Waals surface area contributed by atoms with Crippen molar-refractivity contribution in [3.05, 3.63) is 108 Å². The second-order valence-corrected chi connectivity index (χ2v) is 10.6. The maximum absolute atomic E-state index is 12.7. The van der Waals surface area contributed by atoms with Gasteiger partial charge in [0.15, 0.2) is 12.2 Å². The summed E-state index contributed by atoms with van der Waals surface area (Å²) in [6.07, 6.45) is -3.71. The third-order valence-corrected chi connectivity index (χ3v) is 7.52. The van der Waals surface area contributed by atoms with Crippen molar-refractivity contribution in [2.24, 2.45) is 16.5 Å². The number of methoxy groups -OCH3 is 1. The second-order valence-electron chi connectivity index (χ2n) is 10.6. The zero-order valence-electron chi connectivity index (χ0n) is 24.5. The summed E-state index contributed by atoms with van der Waals surface area (Å²) in [6, 6.07) is 31.5. The number of nitrogens with two attached hydrogens (primary N) is 2. The molecular formula is C34H38N4O6. The van der Waals surface area contributed by atoms with Crippen LogP contribution in [0.25, 0.3) is 21.9 Å². The molecular weight excluding hydrogens is 560 g/mol. The first kappa shape index (κ1) is 31.1. The van der Waals surface area contributed by atoms with E-state index < -0.39 is 36.6 Å².